The average molecular weight is 323 g/mol. The standard InChI is InChI=1S/C13H17BrFN.ClH/c14-12-8-10(15)6-7-11(12)13(16)9-4-2-1-3-5-9;/h6-9,13H,1-5,16H2;1H/t13-;/m0./s1. The van der Waals surface area contributed by atoms with Crippen LogP contribution in [0, 0.1) is 11.7 Å². The van der Waals surface area contributed by atoms with Crippen LogP contribution in [0.15, 0.2) is 22.7 Å². The van der Waals surface area contributed by atoms with E-state index in [-0.39, 0.29) is 24.3 Å². The largest absolute Gasteiger partial charge is 0.324 e. The van der Waals surface area contributed by atoms with Crippen molar-refractivity contribution in [1.82, 2.24) is 0 Å². The normalized spacial score (nSPS) is 18.5. The van der Waals surface area contributed by atoms with E-state index in [0.29, 0.717) is 5.92 Å². The van der Waals surface area contributed by atoms with Crippen molar-refractivity contribution in [3.63, 3.8) is 0 Å². The fourth-order valence-corrected chi connectivity index (χ4v) is 3.13. The minimum atomic E-state index is -0.216. The Labute approximate surface area is 117 Å². The molecule has 0 spiro atoms. The third-order valence-corrected chi connectivity index (χ3v) is 4.17. The van der Waals surface area contributed by atoms with Gasteiger partial charge in [-0.3, -0.25) is 0 Å². The molecule has 1 aliphatic rings. The highest BCUT2D eigenvalue weighted by molar-refractivity contribution is 9.10. The summed E-state index contributed by atoms with van der Waals surface area (Å²) in [7, 11) is 0. The van der Waals surface area contributed by atoms with Gasteiger partial charge in [0.05, 0.1) is 0 Å². The second kappa shape index (κ2) is 6.72. The molecule has 2 N–H and O–H groups in total. The van der Waals surface area contributed by atoms with Crippen LogP contribution in [0.5, 0.6) is 0 Å². The molecule has 0 radical (unpaired) electrons. The molecule has 17 heavy (non-hydrogen) atoms. The zero-order valence-electron chi connectivity index (χ0n) is 9.66. The zero-order valence-corrected chi connectivity index (χ0v) is 12.1. The lowest BCUT2D eigenvalue weighted by Crippen LogP contribution is -2.23. The molecule has 0 saturated heterocycles. The second-order valence-electron chi connectivity index (χ2n) is 4.59. The van der Waals surface area contributed by atoms with Crippen LogP contribution >= 0.6 is 28.3 Å². The van der Waals surface area contributed by atoms with Gasteiger partial charge >= 0.3 is 0 Å². The Kier molecular flexibility index (Phi) is 5.90. The van der Waals surface area contributed by atoms with Crippen molar-refractivity contribution in [3.8, 4) is 0 Å². The summed E-state index contributed by atoms with van der Waals surface area (Å²) in [6.45, 7) is 0. The maximum absolute atomic E-state index is 13.0. The SMILES string of the molecule is Cl.N[C@H](c1ccc(F)cc1Br)C1CCCCC1. The average Bonchev–Trinajstić information content (AvgIpc) is 2.29. The van der Waals surface area contributed by atoms with E-state index in [4.69, 9.17) is 5.73 Å². The monoisotopic (exact) mass is 321 g/mol. The van der Waals surface area contributed by atoms with Crippen molar-refractivity contribution >= 4 is 28.3 Å². The first-order valence-corrected chi connectivity index (χ1v) is 6.68. The van der Waals surface area contributed by atoms with Gasteiger partial charge in [0, 0.05) is 10.5 Å². The van der Waals surface area contributed by atoms with Crippen molar-refractivity contribution in [3.05, 3.63) is 34.1 Å². The molecule has 0 aliphatic heterocycles. The van der Waals surface area contributed by atoms with E-state index in [9.17, 15) is 4.39 Å². The highest BCUT2D eigenvalue weighted by Crippen LogP contribution is 2.35. The van der Waals surface area contributed by atoms with E-state index < -0.39 is 0 Å². The van der Waals surface area contributed by atoms with Gasteiger partial charge < -0.3 is 5.73 Å². The zero-order chi connectivity index (χ0) is 11.5. The Balaban J connectivity index is 0.00000144. The van der Waals surface area contributed by atoms with Crippen LogP contribution in [0.3, 0.4) is 0 Å². The van der Waals surface area contributed by atoms with E-state index in [2.05, 4.69) is 15.9 Å². The van der Waals surface area contributed by atoms with Gasteiger partial charge in [-0.25, -0.2) is 4.39 Å². The van der Waals surface area contributed by atoms with Gasteiger partial charge in [0.1, 0.15) is 5.82 Å². The van der Waals surface area contributed by atoms with Gasteiger partial charge in [-0.15, -0.1) is 12.4 Å². The molecule has 0 unspecified atom stereocenters. The maximum atomic E-state index is 13.0. The summed E-state index contributed by atoms with van der Waals surface area (Å²) in [6.07, 6.45) is 6.28. The van der Waals surface area contributed by atoms with Crippen LogP contribution in [0.1, 0.15) is 43.7 Å². The summed E-state index contributed by atoms with van der Waals surface area (Å²) >= 11 is 3.39. The molecule has 0 heterocycles. The van der Waals surface area contributed by atoms with E-state index in [1.807, 2.05) is 0 Å². The summed E-state index contributed by atoms with van der Waals surface area (Å²) in [5.74, 6) is 0.335. The third kappa shape index (κ3) is 3.67. The lowest BCUT2D eigenvalue weighted by Gasteiger charge is -2.28. The van der Waals surface area contributed by atoms with E-state index in [0.717, 1.165) is 10.0 Å². The topological polar surface area (TPSA) is 26.0 Å². The molecule has 0 bridgehead atoms. The summed E-state index contributed by atoms with van der Waals surface area (Å²) in [5.41, 5.74) is 7.30. The number of rotatable bonds is 2. The molecule has 0 aromatic heterocycles. The first-order chi connectivity index (χ1) is 7.68. The minimum Gasteiger partial charge on any atom is -0.324 e. The maximum Gasteiger partial charge on any atom is 0.124 e. The van der Waals surface area contributed by atoms with Crippen LogP contribution in [0.2, 0.25) is 0 Å². The molecule has 96 valence electrons. The quantitative estimate of drug-likeness (QED) is 0.846. The first-order valence-electron chi connectivity index (χ1n) is 5.89. The van der Waals surface area contributed by atoms with Crippen LogP contribution in [0.25, 0.3) is 0 Å². The molecular weight excluding hydrogens is 305 g/mol. The number of halogens is 3. The van der Waals surface area contributed by atoms with Crippen molar-refractivity contribution in [2.24, 2.45) is 11.7 Å². The number of benzene rings is 1. The second-order valence-corrected chi connectivity index (χ2v) is 5.44. The van der Waals surface area contributed by atoms with Gasteiger partial charge in [-0.2, -0.15) is 0 Å². The minimum absolute atomic E-state index is 0. The molecular formula is C13H18BrClFN. The summed E-state index contributed by atoms with van der Waals surface area (Å²) in [5, 5.41) is 0. The Morgan fingerprint density at radius 3 is 2.47 bits per heavy atom. The van der Waals surface area contributed by atoms with Crippen molar-refractivity contribution < 1.29 is 4.39 Å². The van der Waals surface area contributed by atoms with E-state index in [1.165, 1.54) is 44.2 Å². The predicted molar refractivity (Wildman–Crippen MR) is 74.9 cm³/mol. The molecule has 2 rings (SSSR count). The Hall–Kier alpha value is -0.120. The molecule has 1 atom stereocenters. The highest BCUT2D eigenvalue weighted by Gasteiger charge is 2.23. The molecule has 1 aliphatic carbocycles. The lowest BCUT2D eigenvalue weighted by atomic mass is 9.81. The fourth-order valence-electron chi connectivity index (χ4n) is 2.52. The highest BCUT2D eigenvalue weighted by atomic mass is 79.9. The van der Waals surface area contributed by atoms with Crippen molar-refractivity contribution in [2.45, 2.75) is 38.1 Å². The van der Waals surface area contributed by atoms with Gasteiger partial charge in [-0.05, 0) is 36.5 Å². The molecule has 1 aromatic rings. The lowest BCUT2D eigenvalue weighted by molar-refractivity contribution is 0.307. The van der Waals surface area contributed by atoms with Crippen LogP contribution in [0.4, 0.5) is 4.39 Å². The van der Waals surface area contributed by atoms with Crippen LogP contribution in [-0.4, -0.2) is 0 Å². The summed E-state index contributed by atoms with van der Waals surface area (Å²) in [4.78, 5) is 0. The van der Waals surface area contributed by atoms with Gasteiger partial charge in [0.25, 0.3) is 0 Å². The van der Waals surface area contributed by atoms with Gasteiger partial charge in [0.15, 0.2) is 0 Å². The van der Waals surface area contributed by atoms with Crippen LogP contribution < -0.4 is 5.73 Å². The first kappa shape index (κ1) is 14.9. The van der Waals surface area contributed by atoms with Crippen molar-refractivity contribution in [2.75, 3.05) is 0 Å². The summed E-state index contributed by atoms with van der Waals surface area (Å²) in [6, 6.07) is 4.83. The van der Waals surface area contributed by atoms with Gasteiger partial charge in [-0.1, -0.05) is 41.3 Å². The van der Waals surface area contributed by atoms with Crippen LogP contribution in [-0.2, 0) is 0 Å². The van der Waals surface area contributed by atoms with E-state index in [1.54, 1.807) is 6.07 Å². The fraction of sp³-hybridized carbons (Fsp3) is 0.538. The molecule has 4 heteroatoms. The van der Waals surface area contributed by atoms with E-state index >= 15 is 0 Å². The molecule has 0 amide bonds. The van der Waals surface area contributed by atoms with Crippen molar-refractivity contribution in [1.29, 1.82) is 0 Å². The Morgan fingerprint density at radius 2 is 1.88 bits per heavy atom. The Morgan fingerprint density at radius 1 is 1.24 bits per heavy atom. The number of hydrogen-bond acceptors (Lipinski definition) is 1. The number of nitrogens with two attached hydrogens (primary N) is 1. The smallest absolute Gasteiger partial charge is 0.124 e. The molecule has 1 aromatic carbocycles. The summed E-state index contributed by atoms with van der Waals surface area (Å²) < 4.78 is 13.8. The van der Waals surface area contributed by atoms with Gasteiger partial charge in [0.2, 0.25) is 0 Å². The predicted octanol–water partition coefficient (Wildman–Crippen LogP) is 4.59. The molecule has 1 fully saturated rings. The number of hydrogen-bond donors (Lipinski definition) is 1. The Bertz CT molecular complexity index is 366. The molecule has 1 nitrogen and oxygen atoms in total. The molecule has 1 saturated carbocycles. The third-order valence-electron chi connectivity index (χ3n) is 3.48.